The van der Waals surface area contributed by atoms with Crippen LogP contribution in [0, 0.1) is 0 Å². The van der Waals surface area contributed by atoms with Crippen molar-refractivity contribution in [2.24, 2.45) is 0 Å². The standard InChI is InChI=1S/C24H19N2O2/c1-16-25(17-10-4-2-5-11-17)21-22(26(16)18-12-6-3-7-13-18)24(28)20-15-9-8-14-19(20)23(21)27/h2-15,21-22H,1H3/q+1. The molecule has 0 saturated carbocycles. The fourth-order valence-corrected chi connectivity index (χ4v) is 4.43. The van der Waals surface area contributed by atoms with E-state index in [0.717, 1.165) is 17.2 Å². The van der Waals surface area contributed by atoms with Crippen molar-refractivity contribution in [3.05, 3.63) is 96.1 Å². The molecule has 3 aromatic carbocycles. The molecule has 2 aliphatic rings. The van der Waals surface area contributed by atoms with Crippen molar-refractivity contribution in [2.45, 2.75) is 19.0 Å². The second-order valence-corrected chi connectivity index (χ2v) is 7.12. The minimum atomic E-state index is -0.579. The van der Waals surface area contributed by atoms with Crippen molar-refractivity contribution in [1.29, 1.82) is 0 Å². The first-order chi connectivity index (χ1) is 13.7. The van der Waals surface area contributed by atoms with Gasteiger partial charge in [0.15, 0.2) is 0 Å². The summed E-state index contributed by atoms with van der Waals surface area (Å²) in [4.78, 5) is 29.0. The molecule has 4 nitrogen and oxygen atoms in total. The van der Waals surface area contributed by atoms with Crippen LogP contribution >= 0.6 is 0 Å². The number of Topliss-reactive ketones (excluding diaryl/α,β-unsaturated/α-hetero) is 2. The van der Waals surface area contributed by atoms with Gasteiger partial charge in [0, 0.05) is 18.1 Å². The van der Waals surface area contributed by atoms with Gasteiger partial charge in [0.25, 0.3) is 5.84 Å². The first kappa shape index (κ1) is 16.6. The Morgan fingerprint density at radius 3 is 1.89 bits per heavy atom. The molecule has 3 aromatic rings. The van der Waals surface area contributed by atoms with Crippen LogP contribution in [0.2, 0.25) is 0 Å². The van der Waals surface area contributed by atoms with Crippen LogP contribution in [0.5, 0.6) is 0 Å². The van der Waals surface area contributed by atoms with Crippen molar-refractivity contribution < 1.29 is 14.2 Å². The zero-order valence-electron chi connectivity index (χ0n) is 15.4. The van der Waals surface area contributed by atoms with Gasteiger partial charge in [-0.05, 0) is 24.3 Å². The molecule has 1 aliphatic heterocycles. The van der Waals surface area contributed by atoms with Gasteiger partial charge < -0.3 is 0 Å². The average Bonchev–Trinajstić information content (AvgIpc) is 3.06. The highest BCUT2D eigenvalue weighted by Gasteiger charge is 2.58. The lowest BCUT2D eigenvalue weighted by Gasteiger charge is -2.26. The summed E-state index contributed by atoms with van der Waals surface area (Å²) in [5.41, 5.74) is 2.85. The number of carbonyl (C=O) groups excluding carboxylic acids is 2. The molecule has 0 N–H and O–H groups in total. The number of nitrogens with zero attached hydrogens (tertiary/aromatic N) is 2. The maximum absolute atomic E-state index is 13.5. The van der Waals surface area contributed by atoms with E-state index in [1.54, 1.807) is 12.1 Å². The first-order valence-corrected chi connectivity index (χ1v) is 9.38. The number of fused-ring (bicyclic) bond motifs is 2. The predicted octanol–water partition coefficient (Wildman–Crippen LogP) is 4.09. The van der Waals surface area contributed by atoms with Gasteiger partial charge in [-0.25, -0.2) is 9.48 Å². The zero-order chi connectivity index (χ0) is 19.3. The van der Waals surface area contributed by atoms with Gasteiger partial charge in [-0.2, -0.15) is 0 Å². The number of amidine groups is 1. The highest BCUT2D eigenvalue weighted by Crippen LogP contribution is 2.37. The van der Waals surface area contributed by atoms with Crippen LogP contribution in [0.25, 0.3) is 0 Å². The summed E-state index contributed by atoms with van der Waals surface area (Å²) >= 11 is 0. The SMILES string of the molecule is CC1=[N+](c2ccccc2)C2C(=O)c3ccccc3C(=O)C2N1c1ccccc1. The van der Waals surface area contributed by atoms with E-state index in [9.17, 15) is 9.59 Å². The van der Waals surface area contributed by atoms with Gasteiger partial charge in [-0.15, -0.1) is 0 Å². The number of rotatable bonds is 2. The molecule has 2 unspecified atom stereocenters. The lowest BCUT2D eigenvalue weighted by Crippen LogP contribution is -2.52. The topological polar surface area (TPSA) is 40.4 Å². The third kappa shape index (κ3) is 2.28. The van der Waals surface area contributed by atoms with E-state index in [1.165, 1.54) is 0 Å². The molecule has 0 radical (unpaired) electrons. The Labute approximate surface area is 163 Å². The third-order valence-electron chi connectivity index (χ3n) is 5.62. The largest absolute Gasteiger partial charge is 0.289 e. The smallest absolute Gasteiger partial charge is 0.255 e. The highest BCUT2D eigenvalue weighted by molar-refractivity contribution is 6.23. The normalized spacial score (nSPS) is 21.0. The Morgan fingerprint density at radius 1 is 0.714 bits per heavy atom. The quantitative estimate of drug-likeness (QED) is 0.641. The molecule has 0 spiro atoms. The molecule has 1 heterocycles. The fourth-order valence-electron chi connectivity index (χ4n) is 4.43. The lowest BCUT2D eigenvalue weighted by molar-refractivity contribution is -0.458. The van der Waals surface area contributed by atoms with Crippen LogP contribution in [0.3, 0.4) is 0 Å². The number of ketones is 2. The molecule has 0 fully saturated rings. The maximum Gasteiger partial charge on any atom is 0.255 e. The number of anilines is 1. The lowest BCUT2D eigenvalue weighted by atomic mass is 9.82. The monoisotopic (exact) mass is 367 g/mol. The Kier molecular flexibility index (Phi) is 3.72. The van der Waals surface area contributed by atoms with E-state index in [2.05, 4.69) is 0 Å². The van der Waals surface area contributed by atoms with Gasteiger partial charge in [0.05, 0.1) is 0 Å². The van der Waals surface area contributed by atoms with Crippen LogP contribution in [0.15, 0.2) is 84.9 Å². The first-order valence-electron chi connectivity index (χ1n) is 9.38. The Balaban J connectivity index is 1.77. The minimum absolute atomic E-state index is 0.0122. The van der Waals surface area contributed by atoms with E-state index >= 15 is 0 Å². The molecule has 4 heteroatoms. The fraction of sp³-hybridized carbons (Fsp3) is 0.125. The van der Waals surface area contributed by atoms with Gasteiger partial charge in [-0.1, -0.05) is 60.7 Å². The molecule has 0 bridgehead atoms. The summed E-state index contributed by atoms with van der Waals surface area (Å²) in [6, 6.07) is 25.6. The highest BCUT2D eigenvalue weighted by atomic mass is 16.1. The van der Waals surface area contributed by atoms with Gasteiger partial charge in [0.2, 0.25) is 23.7 Å². The molecular weight excluding hydrogens is 348 g/mol. The van der Waals surface area contributed by atoms with Crippen molar-refractivity contribution in [3.8, 4) is 0 Å². The third-order valence-corrected chi connectivity index (χ3v) is 5.62. The van der Waals surface area contributed by atoms with E-state index in [0.29, 0.717) is 11.1 Å². The summed E-state index contributed by atoms with van der Waals surface area (Å²) in [5.74, 6) is 0.852. The summed E-state index contributed by atoms with van der Waals surface area (Å²) in [7, 11) is 0. The van der Waals surface area contributed by atoms with Crippen LogP contribution in [0.1, 0.15) is 27.6 Å². The van der Waals surface area contributed by atoms with Crippen molar-refractivity contribution in [1.82, 2.24) is 0 Å². The number of hydrogen-bond acceptors (Lipinski definition) is 3. The molecular formula is C24H19N2O2+. The van der Waals surface area contributed by atoms with Crippen LogP contribution in [-0.4, -0.2) is 34.1 Å². The molecule has 136 valence electrons. The Hall–Kier alpha value is -3.53. The van der Waals surface area contributed by atoms with Gasteiger partial charge in [0.1, 0.15) is 11.4 Å². The summed E-state index contributed by atoms with van der Waals surface area (Å²) < 4.78 is 2.01. The summed E-state index contributed by atoms with van der Waals surface area (Å²) in [5, 5.41) is 0. The van der Waals surface area contributed by atoms with E-state index in [1.807, 2.05) is 89.2 Å². The van der Waals surface area contributed by atoms with Crippen LogP contribution in [0.4, 0.5) is 11.4 Å². The van der Waals surface area contributed by atoms with Crippen LogP contribution in [-0.2, 0) is 0 Å². The Morgan fingerprint density at radius 2 is 1.25 bits per heavy atom. The average molecular weight is 367 g/mol. The molecule has 2 atom stereocenters. The van der Waals surface area contributed by atoms with Gasteiger partial charge >= 0.3 is 0 Å². The summed E-state index contributed by atoms with van der Waals surface area (Å²) in [6.45, 7) is 1.98. The van der Waals surface area contributed by atoms with Crippen LogP contribution < -0.4 is 4.90 Å². The number of carbonyl (C=O) groups is 2. The summed E-state index contributed by atoms with van der Waals surface area (Å²) in [6.07, 6.45) is 0. The molecule has 0 saturated heterocycles. The molecule has 0 amide bonds. The Bertz CT molecular complexity index is 1120. The molecule has 28 heavy (non-hydrogen) atoms. The second kappa shape index (κ2) is 6.27. The number of para-hydroxylation sites is 2. The van der Waals surface area contributed by atoms with E-state index < -0.39 is 12.1 Å². The second-order valence-electron chi connectivity index (χ2n) is 7.12. The molecule has 0 aromatic heterocycles. The van der Waals surface area contributed by atoms with E-state index in [4.69, 9.17) is 0 Å². The molecule has 5 rings (SSSR count). The zero-order valence-corrected chi connectivity index (χ0v) is 15.4. The van der Waals surface area contributed by atoms with Crippen molar-refractivity contribution in [2.75, 3.05) is 4.90 Å². The van der Waals surface area contributed by atoms with Crippen molar-refractivity contribution >= 4 is 28.8 Å². The maximum atomic E-state index is 13.5. The minimum Gasteiger partial charge on any atom is -0.289 e. The number of hydrogen-bond donors (Lipinski definition) is 0. The predicted molar refractivity (Wildman–Crippen MR) is 109 cm³/mol. The van der Waals surface area contributed by atoms with Crippen molar-refractivity contribution in [3.63, 3.8) is 0 Å². The van der Waals surface area contributed by atoms with E-state index in [-0.39, 0.29) is 11.6 Å². The number of benzene rings is 3. The van der Waals surface area contributed by atoms with Gasteiger partial charge in [-0.3, -0.25) is 9.59 Å². The molecule has 1 aliphatic carbocycles.